The highest BCUT2D eigenvalue weighted by atomic mass is 32.2. The van der Waals surface area contributed by atoms with Crippen LogP contribution in [0.2, 0.25) is 0 Å². The fraction of sp³-hybridized carbons (Fsp3) is 0.0455. The van der Waals surface area contributed by atoms with Gasteiger partial charge < -0.3 is 5.32 Å². The van der Waals surface area contributed by atoms with E-state index in [0.717, 1.165) is 12.3 Å². The highest BCUT2D eigenvalue weighted by molar-refractivity contribution is 7.92. The van der Waals surface area contributed by atoms with Gasteiger partial charge in [-0.1, -0.05) is 18.2 Å². The number of rotatable bonds is 6. The van der Waals surface area contributed by atoms with Crippen molar-refractivity contribution in [2.75, 3.05) is 10.0 Å². The van der Waals surface area contributed by atoms with Crippen LogP contribution in [0.3, 0.4) is 0 Å². The van der Waals surface area contributed by atoms with Gasteiger partial charge >= 0.3 is 0 Å². The molecule has 1 heterocycles. The van der Waals surface area contributed by atoms with Crippen molar-refractivity contribution >= 4 is 38.3 Å². The third-order valence-electron chi connectivity index (χ3n) is 4.58. The quantitative estimate of drug-likeness (QED) is 0.467. The Labute approximate surface area is 182 Å². The largest absolute Gasteiger partial charge is 0.325 e. The second-order valence-electron chi connectivity index (χ2n) is 6.86. The number of amides is 1. The van der Waals surface area contributed by atoms with Gasteiger partial charge in [-0.3, -0.25) is 18.9 Å². The molecule has 1 aromatic heterocycles. The maximum Gasteiger partial charge on any atom is 0.269 e. The number of halogens is 1. The summed E-state index contributed by atoms with van der Waals surface area (Å²) in [7, 11) is -3.94. The fourth-order valence-corrected chi connectivity index (χ4v) is 4.15. The number of carbonyl (C=O) groups excluding carboxylic acids is 1. The summed E-state index contributed by atoms with van der Waals surface area (Å²) in [5.41, 5.74) is 1.15. The van der Waals surface area contributed by atoms with E-state index >= 15 is 0 Å². The summed E-state index contributed by atoms with van der Waals surface area (Å²) in [6.07, 6.45) is 1.15. The van der Waals surface area contributed by atoms with Crippen molar-refractivity contribution in [2.24, 2.45) is 0 Å². The second kappa shape index (κ2) is 8.60. The smallest absolute Gasteiger partial charge is 0.269 e. The highest BCUT2D eigenvalue weighted by Gasteiger charge is 2.15. The van der Waals surface area contributed by atoms with Crippen LogP contribution in [0.1, 0.15) is 0 Å². The first-order valence-corrected chi connectivity index (χ1v) is 10.9. The van der Waals surface area contributed by atoms with Gasteiger partial charge in [-0.05, 0) is 54.6 Å². The van der Waals surface area contributed by atoms with Gasteiger partial charge in [-0.2, -0.15) is 0 Å². The average molecular weight is 452 g/mol. The molecule has 0 fully saturated rings. The van der Waals surface area contributed by atoms with E-state index in [1.807, 2.05) is 0 Å². The van der Waals surface area contributed by atoms with Crippen molar-refractivity contribution in [2.45, 2.75) is 11.4 Å². The average Bonchev–Trinajstić information content (AvgIpc) is 2.76. The van der Waals surface area contributed by atoms with Gasteiger partial charge in [0.2, 0.25) is 5.91 Å². The minimum atomic E-state index is -3.94. The zero-order valence-corrected chi connectivity index (χ0v) is 17.3. The molecule has 0 spiro atoms. The van der Waals surface area contributed by atoms with Gasteiger partial charge in [-0.25, -0.2) is 17.8 Å². The summed E-state index contributed by atoms with van der Waals surface area (Å²) in [5, 5.41) is 2.63. The molecule has 4 aromatic rings. The van der Waals surface area contributed by atoms with E-state index in [4.69, 9.17) is 0 Å². The summed E-state index contributed by atoms with van der Waals surface area (Å²) < 4.78 is 41.9. The minimum absolute atomic E-state index is 0.0592. The number of carbonyl (C=O) groups is 1. The van der Waals surface area contributed by atoms with Crippen LogP contribution in [0.5, 0.6) is 0 Å². The molecule has 32 heavy (non-hydrogen) atoms. The van der Waals surface area contributed by atoms with Crippen molar-refractivity contribution in [3.8, 4) is 0 Å². The predicted octanol–water partition coefficient (Wildman–Crippen LogP) is 2.98. The van der Waals surface area contributed by atoms with E-state index in [-0.39, 0.29) is 17.1 Å². The Bertz CT molecular complexity index is 1470. The third-order valence-corrected chi connectivity index (χ3v) is 5.98. The van der Waals surface area contributed by atoms with Gasteiger partial charge in [-0.15, -0.1) is 0 Å². The van der Waals surface area contributed by atoms with E-state index in [9.17, 15) is 22.4 Å². The Hall–Kier alpha value is -4.05. The zero-order valence-electron chi connectivity index (χ0n) is 16.5. The van der Waals surface area contributed by atoms with Crippen LogP contribution < -0.4 is 15.6 Å². The molecule has 0 bridgehead atoms. The molecule has 162 valence electrons. The first-order valence-electron chi connectivity index (χ1n) is 9.45. The standard InChI is InChI=1S/C22H17FN4O4S/c23-15-4-3-5-17(12-15)26-32(30,31)18-10-8-16(9-11-18)25-21(28)14-27-20-7-2-1-6-19(20)24-13-22(27)29/h1-13,26H,14H2,(H,25,28). The van der Waals surface area contributed by atoms with Gasteiger partial charge in [0.15, 0.2) is 0 Å². The van der Waals surface area contributed by atoms with Crippen LogP contribution in [0.4, 0.5) is 15.8 Å². The van der Waals surface area contributed by atoms with Crippen molar-refractivity contribution in [3.63, 3.8) is 0 Å². The van der Waals surface area contributed by atoms with Crippen molar-refractivity contribution < 1.29 is 17.6 Å². The summed E-state index contributed by atoms with van der Waals surface area (Å²) >= 11 is 0. The first-order chi connectivity index (χ1) is 15.3. The summed E-state index contributed by atoms with van der Waals surface area (Å²) in [5.74, 6) is -1.03. The topological polar surface area (TPSA) is 110 Å². The van der Waals surface area contributed by atoms with E-state index in [0.29, 0.717) is 16.7 Å². The molecule has 4 rings (SSSR count). The van der Waals surface area contributed by atoms with Gasteiger partial charge in [0, 0.05) is 5.69 Å². The molecule has 10 heteroatoms. The number of nitrogens with zero attached hydrogens (tertiary/aromatic N) is 2. The first kappa shape index (κ1) is 21.2. The number of fused-ring (bicyclic) bond motifs is 1. The molecule has 0 saturated heterocycles. The third kappa shape index (κ3) is 4.65. The monoisotopic (exact) mass is 452 g/mol. The number of benzene rings is 3. The number of para-hydroxylation sites is 2. The lowest BCUT2D eigenvalue weighted by molar-refractivity contribution is -0.116. The molecule has 0 saturated carbocycles. The summed E-state index contributed by atoms with van der Waals surface area (Å²) in [4.78, 5) is 28.6. The van der Waals surface area contributed by atoms with Crippen molar-refractivity contribution in [1.82, 2.24) is 9.55 Å². The van der Waals surface area contributed by atoms with E-state index in [1.165, 1.54) is 47.0 Å². The normalized spacial score (nSPS) is 11.3. The minimum Gasteiger partial charge on any atom is -0.325 e. The van der Waals surface area contributed by atoms with E-state index in [2.05, 4.69) is 15.0 Å². The highest BCUT2D eigenvalue weighted by Crippen LogP contribution is 2.19. The molecule has 3 aromatic carbocycles. The zero-order chi connectivity index (χ0) is 22.7. The molecule has 0 aliphatic heterocycles. The molecule has 8 nitrogen and oxygen atoms in total. The molecule has 1 amide bonds. The molecular weight excluding hydrogens is 435 g/mol. The Morgan fingerprint density at radius 2 is 1.72 bits per heavy atom. The molecule has 0 atom stereocenters. The van der Waals surface area contributed by atoms with Crippen LogP contribution in [0.15, 0.2) is 88.7 Å². The maximum absolute atomic E-state index is 13.3. The molecule has 0 unspecified atom stereocenters. The SMILES string of the molecule is O=C(Cn1c(=O)cnc2ccccc21)Nc1ccc(S(=O)(=O)Nc2cccc(F)c2)cc1. The van der Waals surface area contributed by atoms with Crippen molar-refractivity contribution in [3.05, 3.63) is 95.2 Å². The van der Waals surface area contributed by atoms with Crippen LogP contribution in [-0.4, -0.2) is 23.9 Å². The van der Waals surface area contributed by atoms with Crippen molar-refractivity contribution in [1.29, 1.82) is 0 Å². The lowest BCUT2D eigenvalue weighted by atomic mass is 10.3. The molecule has 0 aliphatic rings. The lowest BCUT2D eigenvalue weighted by Gasteiger charge is -2.11. The van der Waals surface area contributed by atoms with Crippen LogP contribution in [0, 0.1) is 5.82 Å². The summed E-state index contributed by atoms with van der Waals surface area (Å²) in [6, 6.07) is 17.5. The number of anilines is 2. The summed E-state index contributed by atoms with van der Waals surface area (Å²) in [6.45, 7) is -0.233. The second-order valence-corrected chi connectivity index (χ2v) is 8.54. The number of hydrogen-bond donors (Lipinski definition) is 2. The molecule has 0 radical (unpaired) electrons. The number of nitrogens with one attached hydrogen (secondary N) is 2. The van der Waals surface area contributed by atoms with E-state index in [1.54, 1.807) is 24.3 Å². The van der Waals surface area contributed by atoms with Gasteiger partial charge in [0.25, 0.3) is 15.6 Å². The van der Waals surface area contributed by atoms with Crippen LogP contribution in [-0.2, 0) is 21.4 Å². The molecular formula is C22H17FN4O4S. The van der Waals surface area contributed by atoms with Crippen LogP contribution >= 0.6 is 0 Å². The van der Waals surface area contributed by atoms with E-state index < -0.39 is 27.3 Å². The lowest BCUT2D eigenvalue weighted by Crippen LogP contribution is -2.28. The van der Waals surface area contributed by atoms with Gasteiger partial charge in [0.05, 0.1) is 27.8 Å². The number of aromatic nitrogens is 2. The van der Waals surface area contributed by atoms with Crippen LogP contribution in [0.25, 0.3) is 11.0 Å². The predicted molar refractivity (Wildman–Crippen MR) is 118 cm³/mol. The Morgan fingerprint density at radius 3 is 2.47 bits per heavy atom. The Balaban J connectivity index is 1.48. The number of hydrogen-bond acceptors (Lipinski definition) is 5. The maximum atomic E-state index is 13.3. The Morgan fingerprint density at radius 1 is 0.969 bits per heavy atom. The molecule has 2 N–H and O–H groups in total. The number of sulfonamides is 1. The fourth-order valence-electron chi connectivity index (χ4n) is 3.11. The van der Waals surface area contributed by atoms with Gasteiger partial charge in [0.1, 0.15) is 12.4 Å². The Kier molecular flexibility index (Phi) is 5.69. The molecule has 0 aliphatic carbocycles.